The Hall–Kier alpha value is -3.78. The van der Waals surface area contributed by atoms with E-state index in [2.05, 4.69) is 75.4 Å². The molecule has 1 N–H and O–H groups in total. The summed E-state index contributed by atoms with van der Waals surface area (Å²) in [6.07, 6.45) is 0.802. The Morgan fingerprint density at radius 3 is 1.54 bits per heavy atom. The van der Waals surface area contributed by atoms with E-state index in [0.29, 0.717) is 51.6 Å². The van der Waals surface area contributed by atoms with E-state index in [1.54, 1.807) is 0 Å². The van der Waals surface area contributed by atoms with Gasteiger partial charge in [0.15, 0.2) is 6.10 Å². The summed E-state index contributed by atoms with van der Waals surface area (Å²) in [5, 5.41) is 10.8. The van der Waals surface area contributed by atoms with Gasteiger partial charge in [0.1, 0.15) is 24.1 Å². The Labute approximate surface area is 286 Å². The van der Waals surface area contributed by atoms with Crippen molar-refractivity contribution < 1.29 is 28.8 Å². The third-order valence-corrected chi connectivity index (χ3v) is 8.58. The second-order valence-electron chi connectivity index (χ2n) is 13.5. The average Bonchev–Trinajstić information content (AvgIpc) is 3.11. The van der Waals surface area contributed by atoms with Gasteiger partial charge >= 0.3 is 0 Å². The van der Waals surface area contributed by atoms with Gasteiger partial charge in [0, 0.05) is 0 Å². The largest absolute Gasteiger partial charge is 0.487 e. The summed E-state index contributed by atoms with van der Waals surface area (Å²) in [7, 11) is 0. The Morgan fingerprint density at radius 1 is 0.625 bits per heavy atom. The standard InChI is InChI=1S/C42H50O6/c1-42(2,3)38(43)26-16-25-36-39(45-28-33-19-10-5-11-20-33)41(47-30-35-23-14-7-15-24-35)40(46-29-34-21-12-6-13-22-34)37(48-36)31-44-27-32-17-8-4-9-18-32/h4-15,17-25,37-41,43H,16,26-31H2,1-3H3/b36-25-/t37-,38+,39+,40-,41-/m1/s1. The molecule has 5 atom stereocenters. The van der Waals surface area contributed by atoms with E-state index in [-0.39, 0.29) is 5.41 Å². The third kappa shape index (κ3) is 10.9. The van der Waals surface area contributed by atoms with Crippen LogP contribution in [0.2, 0.25) is 0 Å². The van der Waals surface area contributed by atoms with Crippen LogP contribution in [0, 0.1) is 5.41 Å². The van der Waals surface area contributed by atoms with Gasteiger partial charge in [-0.3, -0.25) is 0 Å². The summed E-state index contributed by atoms with van der Waals surface area (Å²) in [6, 6.07) is 40.5. The zero-order chi connectivity index (χ0) is 33.6. The molecule has 4 aromatic rings. The summed E-state index contributed by atoms with van der Waals surface area (Å²) < 4.78 is 33.3. The highest BCUT2D eigenvalue weighted by Crippen LogP contribution is 2.34. The maximum Gasteiger partial charge on any atom is 0.150 e. The minimum absolute atomic E-state index is 0.222. The molecule has 0 unspecified atom stereocenters. The van der Waals surface area contributed by atoms with Crippen molar-refractivity contribution in [1.82, 2.24) is 0 Å². The Balaban J connectivity index is 1.46. The maximum atomic E-state index is 10.8. The van der Waals surface area contributed by atoms with E-state index in [1.165, 1.54) is 0 Å². The van der Waals surface area contributed by atoms with Crippen LogP contribution < -0.4 is 0 Å². The molecule has 0 bridgehead atoms. The number of benzene rings is 4. The number of aliphatic hydroxyl groups excluding tert-OH is 1. The molecule has 254 valence electrons. The second-order valence-corrected chi connectivity index (χ2v) is 13.5. The molecule has 48 heavy (non-hydrogen) atoms. The molecular weight excluding hydrogens is 600 g/mol. The fourth-order valence-electron chi connectivity index (χ4n) is 5.69. The number of aliphatic hydroxyl groups is 1. The topological polar surface area (TPSA) is 66.4 Å². The fourth-order valence-corrected chi connectivity index (χ4v) is 5.69. The van der Waals surface area contributed by atoms with Crippen molar-refractivity contribution in [1.29, 1.82) is 0 Å². The Bertz CT molecular complexity index is 1490. The molecule has 1 fully saturated rings. The lowest BCUT2D eigenvalue weighted by Gasteiger charge is -2.43. The molecule has 6 heteroatoms. The molecular formula is C42H50O6. The van der Waals surface area contributed by atoms with Crippen LogP contribution in [-0.2, 0) is 50.1 Å². The highest BCUT2D eigenvalue weighted by atomic mass is 16.6. The molecule has 0 amide bonds. The second kappa shape index (κ2) is 18.1. The van der Waals surface area contributed by atoms with E-state index in [0.717, 1.165) is 22.3 Å². The monoisotopic (exact) mass is 650 g/mol. The molecule has 5 rings (SSSR count). The molecule has 1 saturated heterocycles. The average molecular weight is 651 g/mol. The van der Waals surface area contributed by atoms with Gasteiger partial charge in [0.05, 0.1) is 39.1 Å². The highest BCUT2D eigenvalue weighted by molar-refractivity contribution is 5.18. The van der Waals surface area contributed by atoms with Crippen LogP contribution in [0.1, 0.15) is 55.9 Å². The molecule has 4 aromatic carbocycles. The first-order valence-corrected chi connectivity index (χ1v) is 17.0. The quantitative estimate of drug-likeness (QED) is 0.131. The van der Waals surface area contributed by atoms with E-state index >= 15 is 0 Å². The van der Waals surface area contributed by atoms with Crippen molar-refractivity contribution >= 4 is 0 Å². The molecule has 0 spiro atoms. The molecule has 0 saturated carbocycles. The lowest BCUT2D eigenvalue weighted by molar-refractivity contribution is -0.223. The van der Waals surface area contributed by atoms with Gasteiger partial charge in [0.2, 0.25) is 0 Å². The van der Waals surface area contributed by atoms with Gasteiger partial charge in [-0.15, -0.1) is 0 Å². The van der Waals surface area contributed by atoms with Crippen LogP contribution in [0.15, 0.2) is 133 Å². The van der Waals surface area contributed by atoms with Gasteiger partial charge < -0.3 is 28.8 Å². The number of hydrogen-bond acceptors (Lipinski definition) is 6. The molecule has 0 radical (unpaired) electrons. The minimum atomic E-state index is -0.549. The first kappa shape index (κ1) is 35.5. The van der Waals surface area contributed by atoms with Crippen LogP contribution in [0.3, 0.4) is 0 Å². The molecule has 0 aromatic heterocycles. The summed E-state index contributed by atoms with van der Waals surface area (Å²) in [5.74, 6) is 0.679. The van der Waals surface area contributed by atoms with Gasteiger partial charge in [-0.25, -0.2) is 0 Å². The number of ether oxygens (including phenoxy) is 5. The van der Waals surface area contributed by atoms with Gasteiger partial charge in [-0.05, 0) is 46.6 Å². The number of hydrogen-bond donors (Lipinski definition) is 1. The van der Waals surface area contributed by atoms with Gasteiger partial charge in [0.25, 0.3) is 0 Å². The molecule has 6 nitrogen and oxygen atoms in total. The van der Waals surface area contributed by atoms with E-state index < -0.39 is 30.5 Å². The zero-order valence-electron chi connectivity index (χ0n) is 28.4. The van der Waals surface area contributed by atoms with Crippen LogP contribution in [-0.4, -0.2) is 42.2 Å². The van der Waals surface area contributed by atoms with E-state index in [1.807, 2.05) is 72.8 Å². The Kier molecular flexibility index (Phi) is 13.4. The molecule has 1 heterocycles. The SMILES string of the molecule is CC(C)(C)[C@@H](O)CC/C=C1\O[C@H](COCc2ccccc2)[C@@H](OCc2ccccc2)[C@H](OCc2ccccc2)[C@H]1OCc1ccccc1. The first-order valence-electron chi connectivity index (χ1n) is 17.0. The maximum absolute atomic E-state index is 10.8. The minimum Gasteiger partial charge on any atom is -0.487 e. The lowest BCUT2D eigenvalue weighted by Crippen LogP contribution is -2.56. The first-order chi connectivity index (χ1) is 23.4. The predicted molar refractivity (Wildman–Crippen MR) is 189 cm³/mol. The fraction of sp³-hybridized carbons (Fsp3) is 0.381. The normalized spacial score (nSPS) is 21.1. The molecule has 1 aliphatic heterocycles. The summed E-state index contributed by atoms with van der Waals surface area (Å²) >= 11 is 0. The predicted octanol–water partition coefficient (Wildman–Crippen LogP) is 8.43. The Morgan fingerprint density at radius 2 is 1.06 bits per heavy atom. The smallest absolute Gasteiger partial charge is 0.150 e. The van der Waals surface area contributed by atoms with E-state index in [9.17, 15) is 5.11 Å². The van der Waals surface area contributed by atoms with Crippen molar-refractivity contribution in [2.75, 3.05) is 6.61 Å². The lowest BCUT2D eigenvalue weighted by atomic mass is 9.86. The summed E-state index contributed by atoms with van der Waals surface area (Å²) in [4.78, 5) is 0. The number of allylic oxidation sites excluding steroid dienone is 1. The van der Waals surface area contributed by atoms with E-state index in [4.69, 9.17) is 23.7 Å². The summed E-state index contributed by atoms with van der Waals surface area (Å²) in [5.41, 5.74) is 4.03. The van der Waals surface area contributed by atoms with Crippen LogP contribution in [0.5, 0.6) is 0 Å². The van der Waals surface area contributed by atoms with Gasteiger partial charge in [-0.1, -0.05) is 142 Å². The summed E-state index contributed by atoms with van der Waals surface area (Å²) in [6.45, 7) is 8.05. The van der Waals surface area contributed by atoms with Crippen molar-refractivity contribution in [3.05, 3.63) is 155 Å². The molecule has 1 aliphatic rings. The highest BCUT2D eigenvalue weighted by Gasteiger charge is 2.46. The number of rotatable bonds is 16. The molecule has 0 aliphatic carbocycles. The zero-order valence-corrected chi connectivity index (χ0v) is 28.4. The van der Waals surface area contributed by atoms with Crippen LogP contribution in [0.4, 0.5) is 0 Å². The van der Waals surface area contributed by atoms with Crippen molar-refractivity contribution in [3.63, 3.8) is 0 Å². The van der Waals surface area contributed by atoms with Gasteiger partial charge in [-0.2, -0.15) is 0 Å². The van der Waals surface area contributed by atoms with Crippen LogP contribution in [0.25, 0.3) is 0 Å². The van der Waals surface area contributed by atoms with Crippen molar-refractivity contribution in [2.45, 2.75) is 90.6 Å². The third-order valence-electron chi connectivity index (χ3n) is 8.58. The van der Waals surface area contributed by atoms with Crippen LogP contribution >= 0.6 is 0 Å². The van der Waals surface area contributed by atoms with Crippen molar-refractivity contribution in [2.24, 2.45) is 5.41 Å². The van der Waals surface area contributed by atoms with Crippen molar-refractivity contribution in [3.8, 4) is 0 Å².